The number of hydrogen-bond donors (Lipinski definition) is 2. The van der Waals surface area contributed by atoms with E-state index in [4.69, 9.17) is 4.74 Å². The number of aryl methyl sites for hydroxylation is 1. The third-order valence-corrected chi connectivity index (χ3v) is 3.66. The number of hydrogen-bond acceptors (Lipinski definition) is 4. The van der Waals surface area contributed by atoms with E-state index < -0.39 is 12.7 Å². The number of ether oxygens (including phenoxy) is 2. The van der Waals surface area contributed by atoms with E-state index in [2.05, 4.69) is 10.1 Å². The van der Waals surface area contributed by atoms with Crippen LogP contribution < -0.4 is 14.8 Å². The Morgan fingerprint density at radius 3 is 2.54 bits per heavy atom. The maximum atomic E-state index is 12.3. The lowest BCUT2D eigenvalue weighted by atomic mass is 10.0. The molecule has 0 aliphatic heterocycles. The molecule has 0 fully saturated rings. The highest BCUT2D eigenvalue weighted by atomic mass is 19.3. The van der Waals surface area contributed by atoms with Crippen molar-refractivity contribution in [3.63, 3.8) is 0 Å². The zero-order valence-corrected chi connectivity index (χ0v) is 13.6. The van der Waals surface area contributed by atoms with Crippen molar-refractivity contribution in [3.05, 3.63) is 59.2 Å². The molecule has 1 atom stereocenters. The van der Waals surface area contributed by atoms with Crippen molar-refractivity contribution < 1.29 is 23.4 Å². The highest BCUT2D eigenvalue weighted by Gasteiger charge is 2.12. The first-order valence-corrected chi connectivity index (χ1v) is 7.57. The molecule has 2 aromatic rings. The van der Waals surface area contributed by atoms with Crippen molar-refractivity contribution in [2.75, 3.05) is 13.7 Å². The Morgan fingerprint density at radius 2 is 1.88 bits per heavy atom. The smallest absolute Gasteiger partial charge is 0.387 e. The lowest BCUT2D eigenvalue weighted by molar-refractivity contribution is -0.0512. The van der Waals surface area contributed by atoms with Crippen molar-refractivity contribution in [2.24, 2.45) is 0 Å². The molecule has 0 aromatic heterocycles. The second-order valence-electron chi connectivity index (χ2n) is 5.37. The number of rotatable bonds is 8. The molecule has 24 heavy (non-hydrogen) atoms. The number of aliphatic hydroxyl groups excluding tert-OH is 1. The summed E-state index contributed by atoms with van der Waals surface area (Å²) < 4.78 is 34.1. The van der Waals surface area contributed by atoms with Crippen LogP contribution in [-0.4, -0.2) is 25.4 Å². The summed E-state index contributed by atoms with van der Waals surface area (Å²) in [6.45, 7) is -0.103. The molecule has 0 bridgehead atoms. The van der Waals surface area contributed by atoms with E-state index in [1.165, 1.54) is 13.2 Å². The Morgan fingerprint density at radius 1 is 1.12 bits per heavy atom. The molecule has 1 unspecified atom stereocenters. The van der Waals surface area contributed by atoms with Crippen LogP contribution in [0, 0.1) is 6.92 Å². The average molecular weight is 337 g/mol. The SMILES string of the molecule is COc1cc(CNCC(O)c2ccccc2C)ccc1OC(F)F. The van der Waals surface area contributed by atoms with Crippen LogP contribution in [-0.2, 0) is 6.54 Å². The van der Waals surface area contributed by atoms with Gasteiger partial charge in [-0.1, -0.05) is 30.3 Å². The summed E-state index contributed by atoms with van der Waals surface area (Å²) in [7, 11) is 1.40. The standard InChI is InChI=1S/C18H21F2NO3/c1-12-5-3-4-6-14(12)15(22)11-21-10-13-7-8-16(24-18(19)20)17(9-13)23-2/h3-9,15,18,21-22H,10-11H2,1-2H3. The maximum Gasteiger partial charge on any atom is 0.387 e. The Balaban J connectivity index is 1.93. The predicted octanol–water partition coefficient (Wildman–Crippen LogP) is 3.43. The number of benzene rings is 2. The third-order valence-electron chi connectivity index (χ3n) is 3.66. The monoisotopic (exact) mass is 337 g/mol. The van der Waals surface area contributed by atoms with Crippen molar-refractivity contribution in [3.8, 4) is 11.5 Å². The lowest BCUT2D eigenvalue weighted by Gasteiger charge is -2.15. The summed E-state index contributed by atoms with van der Waals surface area (Å²) in [6, 6.07) is 12.4. The Labute approximate surface area is 140 Å². The van der Waals surface area contributed by atoms with Crippen molar-refractivity contribution >= 4 is 0 Å². The minimum absolute atomic E-state index is 0.00352. The van der Waals surface area contributed by atoms with Crippen LogP contribution in [0.25, 0.3) is 0 Å². The molecule has 0 saturated heterocycles. The number of methoxy groups -OCH3 is 1. The highest BCUT2D eigenvalue weighted by molar-refractivity contribution is 5.43. The average Bonchev–Trinajstić information content (AvgIpc) is 2.56. The number of halogens is 2. The summed E-state index contributed by atoms with van der Waals surface area (Å²) in [5.74, 6) is 0.241. The summed E-state index contributed by atoms with van der Waals surface area (Å²) in [5.41, 5.74) is 2.75. The fraction of sp³-hybridized carbons (Fsp3) is 0.333. The maximum absolute atomic E-state index is 12.3. The molecule has 0 aliphatic rings. The number of nitrogens with one attached hydrogen (secondary N) is 1. The van der Waals surface area contributed by atoms with Gasteiger partial charge in [-0.2, -0.15) is 8.78 Å². The molecule has 0 heterocycles. The minimum atomic E-state index is -2.90. The van der Waals surface area contributed by atoms with Crippen LogP contribution in [0.2, 0.25) is 0 Å². The van der Waals surface area contributed by atoms with Gasteiger partial charge in [0.05, 0.1) is 13.2 Å². The molecule has 0 spiro atoms. The minimum Gasteiger partial charge on any atom is -0.493 e. The van der Waals surface area contributed by atoms with E-state index in [-0.39, 0.29) is 11.5 Å². The van der Waals surface area contributed by atoms with E-state index in [0.717, 1.165) is 16.7 Å². The van der Waals surface area contributed by atoms with Gasteiger partial charge >= 0.3 is 6.61 Å². The first kappa shape index (κ1) is 18.2. The highest BCUT2D eigenvalue weighted by Crippen LogP contribution is 2.29. The molecule has 4 nitrogen and oxygen atoms in total. The van der Waals surface area contributed by atoms with Crippen LogP contribution in [0.3, 0.4) is 0 Å². The summed E-state index contributed by atoms with van der Waals surface area (Å²) in [4.78, 5) is 0. The van der Waals surface area contributed by atoms with Crippen molar-refractivity contribution in [2.45, 2.75) is 26.2 Å². The summed E-state index contributed by atoms with van der Waals surface area (Å²) in [5, 5.41) is 13.4. The van der Waals surface area contributed by atoms with Crippen LogP contribution in [0.5, 0.6) is 11.5 Å². The lowest BCUT2D eigenvalue weighted by Crippen LogP contribution is -2.21. The van der Waals surface area contributed by atoms with Crippen LogP contribution in [0.1, 0.15) is 22.8 Å². The first-order valence-electron chi connectivity index (χ1n) is 7.57. The van der Waals surface area contributed by atoms with E-state index in [9.17, 15) is 13.9 Å². The van der Waals surface area contributed by atoms with Gasteiger partial charge in [0.2, 0.25) is 0 Å². The molecule has 130 valence electrons. The van der Waals surface area contributed by atoms with E-state index in [0.29, 0.717) is 13.1 Å². The van der Waals surface area contributed by atoms with Gasteiger partial charge in [0.15, 0.2) is 11.5 Å². The second-order valence-corrected chi connectivity index (χ2v) is 5.37. The Bertz CT molecular complexity index is 664. The van der Waals surface area contributed by atoms with Gasteiger partial charge in [-0.25, -0.2) is 0 Å². The van der Waals surface area contributed by atoms with Crippen LogP contribution in [0.15, 0.2) is 42.5 Å². The quantitative estimate of drug-likeness (QED) is 0.775. The van der Waals surface area contributed by atoms with Gasteiger partial charge in [-0.3, -0.25) is 0 Å². The van der Waals surface area contributed by atoms with Crippen molar-refractivity contribution in [1.82, 2.24) is 5.32 Å². The number of alkyl halides is 2. The summed E-state index contributed by atoms with van der Waals surface area (Å²) >= 11 is 0. The topological polar surface area (TPSA) is 50.7 Å². The van der Waals surface area contributed by atoms with Gasteiger partial charge in [-0.05, 0) is 35.7 Å². The van der Waals surface area contributed by atoms with Crippen LogP contribution >= 0.6 is 0 Å². The molecule has 2 rings (SSSR count). The largest absolute Gasteiger partial charge is 0.493 e. The molecule has 2 aromatic carbocycles. The van der Waals surface area contributed by atoms with Crippen LogP contribution in [0.4, 0.5) is 8.78 Å². The molecular formula is C18H21F2NO3. The zero-order valence-electron chi connectivity index (χ0n) is 13.6. The van der Waals surface area contributed by atoms with E-state index >= 15 is 0 Å². The fourth-order valence-electron chi connectivity index (χ4n) is 2.44. The van der Waals surface area contributed by atoms with Gasteiger partial charge in [0, 0.05) is 13.1 Å². The van der Waals surface area contributed by atoms with Gasteiger partial charge < -0.3 is 19.9 Å². The predicted molar refractivity (Wildman–Crippen MR) is 87.5 cm³/mol. The fourth-order valence-corrected chi connectivity index (χ4v) is 2.44. The third kappa shape index (κ3) is 4.91. The first-order chi connectivity index (χ1) is 11.5. The number of aliphatic hydroxyl groups is 1. The van der Waals surface area contributed by atoms with Crippen molar-refractivity contribution in [1.29, 1.82) is 0 Å². The van der Waals surface area contributed by atoms with E-state index in [1.54, 1.807) is 12.1 Å². The molecular weight excluding hydrogens is 316 g/mol. The zero-order chi connectivity index (χ0) is 17.5. The van der Waals surface area contributed by atoms with Gasteiger partial charge in [-0.15, -0.1) is 0 Å². The Kier molecular flexibility index (Phi) is 6.52. The van der Waals surface area contributed by atoms with E-state index in [1.807, 2.05) is 31.2 Å². The Hall–Kier alpha value is -2.18. The molecule has 0 saturated carbocycles. The molecule has 2 N–H and O–H groups in total. The van der Waals surface area contributed by atoms with Gasteiger partial charge in [0.25, 0.3) is 0 Å². The molecule has 6 heteroatoms. The normalized spacial score (nSPS) is 12.2. The molecule has 0 amide bonds. The molecule has 0 aliphatic carbocycles. The molecule has 0 radical (unpaired) electrons. The summed E-state index contributed by atoms with van der Waals surface area (Å²) in [6.07, 6.45) is -0.616. The second kappa shape index (κ2) is 8.61. The van der Waals surface area contributed by atoms with Gasteiger partial charge in [0.1, 0.15) is 0 Å².